The zero-order chi connectivity index (χ0) is 11.4. The summed E-state index contributed by atoms with van der Waals surface area (Å²) in [6.45, 7) is 3.88. The van der Waals surface area contributed by atoms with Gasteiger partial charge in [-0.2, -0.15) is 0 Å². The van der Waals surface area contributed by atoms with Gasteiger partial charge in [0.25, 0.3) is 5.56 Å². The molecule has 0 spiro atoms. The smallest absolute Gasteiger partial charge is 0.254 e. The summed E-state index contributed by atoms with van der Waals surface area (Å²) in [6, 6.07) is 1.42. The minimum absolute atomic E-state index is 0.143. The SMILES string of the molecule is CCc1nc(OC2CCNCC2)cc(=O)[nH]1. The van der Waals surface area contributed by atoms with E-state index in [9.17, 15) is 4.79 Å². The monoisotopic (exact) mass is 223 g/mol. The Balaban J connectivity index is 2.07. The van der Waals surface area contributed by atoms with Gasteiger partial charge in [-0.3, -0.25) is 4.79 Å². The number of aromatic nitrogens is 2. The molecule has 0 unspecified atom stereocenters. The lowest BCUT2D eigenvalue weighted by molar-refractivity contribution is 0.155. The molecule has 5 heteroatoms. The van der Waals surface area contributed by atoms with Gasteiger partial charge in [-0.1, -0.05) is 6.92 Å². The molecule has 0 atom stereocenters. The molecule has 88 valence electrons. The Hall–Kier alpha value is -1.36. The summed E-state index contributed by atoms with van der Waals surface area (Å²) in [6.07, 6.45) is 2.82. The third-order valence-electron chi connectivity index (χ3n) is 2.68. The molecule has 1 aliphatic heterocycles. The molecule has 1 aliphatic rings. The van der Waals surface area contributed by atoms with E-state index in [-0.39, 0.29) is 11.7 Å². The van der Waals surface area contributed by atoms with Crippen molar-refractivity contribution in [2.45, 2.75) is 32.3 Å². The summed E-state index contributed by atoms with van der Waals surface area (Å²) < 4.78 is 5.71. The molecular weight excluding hydrogens is 206 g/mol. The quantitative estimate of drug-likeness (QED) is 0.781. The van der Waals surface area contributed by atoms with Gasteiger partial charge >= 0.3 is 0 Å². The minimum atomic E-state index is -0.143. The van der Waals surface area contributed by atoms with E-state index in [1.165, 1.54) is 6.07 Å². The topological polar surface area (TPSA) is 67.0 Å². The number of hydrogen-bond donors (Lipinski definition) is 2. The second-order valence-corrected chi connectivity index (χ2v) is 3.95. The maximum atomic E-state index is 11.3. The summed E-state index contributed by atoms with van der Waals surface area (Å²) in [5.41, 5.74) is -0.143. The fourth-order valence-electron chi connectivity index (χ4n) is 1.80. The van der Waals surface area contributed by atoms with E-state index < -0.39 is 0 Å². The Bertz CT molecular complexity index is 396. The van der Waals surface area contributed by atoms with Crippen LogP contribution in [0.25, 0.3) is 0 Å². The summed E-state index contributed by atoms with van der Waals surface area (Å²) in [5.74, 6) is 1.13. The lowest BCUT2D eigenvalue weighted by atomic mass is 10.1. The van der Waals surface area contributed by atoms with Gasteiger partial charge in [-0.25, -0.2) is 4.98 Å². The molecule has 0 aromatic carbocycles. The molecule has 5 nitrogen and oxygen atoms in total. The van der Waals surface area contributed by atoms with Gasteiger partial charge < -0.3 is 15.0 Å². The third kappa shape index (κ3) is 2.82. The van der Waals surface area contributed by atoms with Crippen molar-refractivity contribution in [1.82, 2.24) is 15.3 Å². The number of nitrogens with zero attached hydrogens (tertiary/aromatic N) is 1. The van der Waals surface area contributed by atoms with Crippen LogP contribution in [-0.4, -0.2) is 29.2 Å². The second kappa shape index (κ2) is 5.12. The molecule has 16 heavy (non-hydrogen) atoms. The van der Waals surface area contributed by atoms with Crippen molar-refractivity contribution in [3.63, 3.8) is 0 Å². The number of rotatable bonds is 3. The van der Waals surface area contributed by atoms with Crippen molar-refractivity contribution in [1.29, 1.82) is 0 Å². The Morgan fingerprint density at radius 3 is 2.94 bits per heavy atom. The highest BCUT2D eigenvalue weighted by Gasteiger charge is 2.15. The molecule has 0 saturated carbocycles. The number of aryl methyl sites for hydroxylation is 1. The van der Waals surface area contributed by atoms with Gasteiger partial charge in [0, 0.05) is 6.42 Å². The summed E-state index contributed by atoms with van der Waals surface area (Å²) in [7, 11) is 0. The zero-order valence-corrected chi connectivity index (χ0v) is 9.45. The summed E-state index contributed by atoms with van der Waals surface area (Å²) in [5, 5.41) is 3.27. The molecule has 2 N–H and O–H groups in total. The van der Waals surface area contributed by atoms with Gasteiger partial charge in [0.2, 0.25) is 5.88 Å². The number of H-pyrrole nitrogens is 1. The first-order chi connectivity index (χ1) is 7.78. The first kappa shape index (κ1) is 11.1. The molecule has 0 aliphatic carbocycles. The lowest BCUT2D eigenvalue weighted by Crippen LogP contribution is -2.34. The fourth-order valence-corrected chi connectivity index (χ4v) is 1.80. The van der Waals surface area contributed by atoms with E-state index in [0.717, 1.165) is 25.9 Å². The predicted molar refractivity (Wildman–Crippen MR) is 60.8 cm³/mol. The van der Waals surface area contributed by atoms with Crippen molar-refractivity contribution in [2.24, 2.45) is 0 Å². The zero-order valence-electron chi connectivity index (χ0n) is 9.45. The minimum Gasteiger partial charge on any atom is -0.474 e. The molecule has 0 amide bonds. The molecule has 2 rings (SSSR count). The van der Waals surface area contributed by atoms with Crippen LogP contribution in [0, 0.1) is 0 Å². The van der Waals surface area contributed by atoms with E-state index in [1.54, 1.807) is 0 Å². The fraction of sp³-hybridized carbons (Fsp3) is 0.636. The Labute approximate surface area is 94.2 Å². The number of piperidine rings is 1. The predicted octanol–water partition coefficient (Wildman–Crippen LogP) is 0.463. The summed E-state index contributed by atoms with van der Waals surface area (Å²) in [4.78, 5) is 18.2. The van der Waals surface area contributed by atoms with Gasteiger partial charge in [0.1, 0.15) is 11.9 Å². The highest BCUT2D eigenvalue weighted by Crippen LogP contribution is 2.12. The van der Waals surface area contributed by atoms with Crippen LogP contribution >= 0.6 is 0 Å². The van der Waals surface area contributed by atoms with Crippen LogP contribution < -0.4 is 15.6 Å². The van der Waals surface area contributed by atoms with E-state index in [4.69, 9.17) is 4.74 Å². The molecule has 1 aromatic rings. The number of nitrogens with one attached hydrogen (secondary N) is 2. The first-order valence-electron chi connectivity index (χ1n) is 5.75. The largest absolute Gasteiger partial charge is 0.474 e. The van der Waals surface area contributed by atoms with Crippen LogP contribution in [0.1, 0.15) is 25.6 Å². The van der Waals surface area contributed by atoms with Crippen LogP contribution in [0.15, 0.2) is 10.9 Å². The van der Waals surface area contributed by atoms with Crippen molar-refractivity contribution in [2.75, 3.05) is 13.1 Å². The molecular formula is C11H17N3O2. The van der Waals surface area contributed by atoms with E-state index in [1.807, 2.05) is 6.92 Å². The molecule has 0 radical (unpaired) electrons. The van der Waals surface area contributed by atoms with E-state index in [2.05, 4.69) is 15.3 Å². The summed E-state index contributed by atoms with van der Waals surface area (Å²) >= 11 is 0. The Kier molecular flexibility index (Phi) is 3.56. The van der Waals surface area contributed by atoms with Gasteiger partial charge in [0.05, 0.1) is 6.07 Å². The number of aromatic amines is 1. The van der Waals surface area contributed by atoms with Crippen molar-refractivity contribution in [3.8, 4) is 5.88 Å². The lowest BCUT2D eigenvalue weighted by Gasteiger charge is -2.23. The third-order valence-corrected chi connectivity index (χ3v) is 2.68. The standard InChI is InChI=1S/C11H17N3O2/c1-2-9-13-10(15)7-11(14-9)16-8-3-5-12-6-4-8/h7-8,12H,2-6H2,1H3,(H,13,14,15). The van der Waals surface area contributed by atoms with Gasteiger partial charge in [0.15, 0.2) is 0 Å². The van der Waals surface area contributed by atoms with E-state index in [0.29, 0.717) is 18.1 Å². The highest BCUT2D eigenvalue weighted by atomic mass is 16.5. The number of ether oxygens (including phenoxy) is 1. The van der Waals surface area contributed by atoms with E-state index >= 15 is 0 Å². The average Bonchev–Trinajstić information content (AvgIpc) is 2.29. The maximum absolute atomic E-state index is 11.3. The van der Waals surface area contributed by atoms with Crippen LogP contribution in [-0.2, 0) is 6.42 Å². The Morgan fingerprint density at radius 1 is 1.50 bits per heavy atom. The maximum Gasteiger partial charge on any atom is 0.254 e. The van der Waals surface area contributed by atoms with Crippen LogP contribution in [0.5, 0.6) is 5.88 Å². The molecule has 1 saturated heterocycles. The van der Waals surface area contributed by atoms with Crippen LogP contribution in [0.3, 0.4) is 0 Å². The molecule has 2 heterocycles. The van der Waals surface area contributed by atoms with Crippen LogP contribution in [0.2, 0.25) is 0 Å². The first-order valence-corrected chi connectivity index (χ1v) is 5.75. The van der Waals surface area contributed by atoms with Crippen molar-refractivity contribution < 1.29 is 4.74 Å². The van der Waals surface area contributed by atoms with Gasteiger partial charge in [-0.15, -0.1) is 0 Å². The van der Waals surface area contributed by atoms with Crippen LogP contribution in [0.4, 0.5) is 0 Å². The second-order valence-electron chi connectivity index (χ2n) is 3.95. The normalized spacial score (nSPS) is 17.3. The average molecular weight is 223 g/mol. The van der Waals surface area contributed by atoms with Gasteiger partial charge in [-0.05, 0) is 25.9 Å². The van der Waals surface area contributed by atoms with Crippen molar-refractivity contribution in [3.05, 3.63) is 22.2 Å². The Morgan fingerprint density at radius 2 is 2.25 bits per heavy atom. The highest BCUT2D eigenvalue weighted by molar-refractivity contribution is 5.09. The molecule has 1 fully saturated rings. The number of hydrogen-bond acceptors (Lipinski definition) is 4. The van der Waals surface area contributed by atoms with Crippen molar-refractivity contribution >= 4 is 0 Å². The molecule has 0 bridgehead atoms. The molecule has 1 aromatic heterocycles.